The van der Waals surface area contributed by atoms with Crippen molar-refractivity contribution in [3.05, 3.63) is 28.2 Å². The SMILES string of the molecule is COC(C)(C)CCOc1ccc(Br)cc1CC(C)N. The summed E-state index contributed by atoms with van der Waals surface area (Å²) < 4.78 is 12.3. The molecule has 1 aromatic carbocycles. The van der Waals surface area contributed by atoms with E-state index in [1.165, 1.54) is 0 Å². The normalized spacial score (nSPS) is 13.4. The highest BCUT2D eigenvalue weighted by molar-refractivity contribution is 9.10. The zero-order valence-corrected chi connectivity index (χ0v) is 13.8. The van der Waals surface area contributed by atoms with E-state index in [1.807, 2.05) is 19.1 Å². The van der Waals surface area contributed by atoms with E-state index in [4.69, 9.17) is 15.2 Å². The van der Waals surface area contributed by atoms with Crippen LogP contribution in [-0.4, -0.2) is 25.4 Å². The van der Waals surface area contributed by atoms with E-state index in [0.717, 1.165) is 28.6 Å². The zero-order chi connectivity index (χ0) is 14.5. The van der Waals surface area contributed by atoms with Gasteiger partial charge in [-0.05, 0) is 51.0 Å². The number of ether oxygens (including phenoxy) is 2. The molecule has 4 heteroatoms. The van der Waals surface area contributed by atoms with Crippen LogP contribution in [0.1, 0.15) is 32.8 Å². The summed E-state index contributed by atoms with van der Waals surface area (Å²) in [5, 5.41) is 0. The second-order valence-corrected chi connectivity index (χ2v) is 6.41. The number of benzene rings is 1. The van der Waals surface area contributed by atoms with E-state index in [9.17, 15) is 0 Å². The van der Waals surface area contributed by atoms with Gasteiger partial charge in [0.15, 0.2) is 0 Å². The Kier molecular flexibility index (Phi) is 6.30. The molecule has 1 rings (SSSR count). The van der Waals surface area contributed by atoms with Crippen LogP contribution >= 0.6 is 15.9 Å². The summed E-state index contributed by atoms with van der Waals surface area (Å²) in [5.74, 6) is 0.910. The number of hydrogen-bond donors (Lipinski definition) is 1. The van der Waals surface area contributed by atoms with Gasteiger partial charge in [-0.25, -0.2) is 0 Å². The van der Waals surface area contributed by atoms with Crippen molar-refractivity contribution in [3.8, 4) is 5.75 Å². The topological polar surface area (TPSA) is 44.5 Å². The Labute approximate surface area is 124 Å². The molecule has 0 aromatic heterocycles. The van der Waals surface area contributed by atoms with Crippen LogP contribution in [0.25, 0.3) is 0 Å². The monoisotopic (exact) mass is 329 g/mol. The first-order chi connectivity index (χ1) is 8.84. The van der Waals surface area contributed by atoms with Gasteiger partial charge in [-0.1, -0.05) is 15.9 Å². The summed E-state index contributed by atoms with van der Waals surface area (Å²) in [7, 11) is 1.72. The summed E-state index contributed by atoms with van der Waals surface area (Å²) in [6.07, 6.45) is 1.65. The molecule has 0 radical (unpaired) electrons. The first-order valence-corrected chi connectivity index (χ1v) is 7.35. The van der Waals surface area contributed by atoms with Crippen molar-refractivity contribution in [1.82, 2.24) is 0 Å². The highest BCUT2D eigenvalue weighted by Crippen LogP contribution is 2.25. The summed E-state index contributed by atoms with van der Waals surface area (Å²) >= 11 is 3.48. The third-order valence-corrected chi connectivity index (χ3v) is 3.57. The van der Waals surface area contributed by atoms with Crippen molar-refractivity contribution in [2.45, 2.75) is 45.3 Å². The molecule has 2 N–H and O–H groups in total. The minimum absolute atomic E-state index is 0.118. The molecule has 0 heterocycles. The van der Waals surface area contributed by atoms with Crippen LogP contribution in [0.3, 0.4) is 0 Å². The summed E-state index contributed by atoms with van der Waals surface area (Å²) in [5.41, 5.74) is 6.85. The number of nitrogens with two attached hydrogens (primary N) is 1. The van der Waals surface area contributed by atoms with Gasteiger partial charge in [-0.3, -0.25) is 0 Å². The second kappa shape index (κ2) is 7.27. The van der Waals surface area contributed by atoms with Crippen molar-refractivity contribution in [2.24, 2.45) is 5.73 Å². The standard InChI is InChI=1S/C15H24BrNO2/c1-11(17)9-12-10-13(16)5-6-14(12)19-8-7-15(2,3)18-4/h5-6,10-11H,7-9,17H2,1-4H3. The molecule has 1 aromatic rings. The van der Waals surface area contributed by atoms with E-state index in [1.54, 1.807) is 7.11 Å². The van der Waals surface area contributed by atoms with Gasteiger partial charge in [0.25, 0.3) is 0 Å². The van der Waals surface area contributed by atoms with Crippen molar-refractivity contribution in [3.63, 3.8) is 0 Å². The van der Waals surface area contributed by atoms with Gasteiger partial charge in [0.2, 0.25) is 0 Å². The fourth-order valence-corrected chi connectivity index (χ4v) is 2.11. The highest BCUT2D eigenvalue weighted by Gasteiger charge is 2.16. The Bertz CT molecular complexity index is 405. The molecule has 0 saturated carbocycles. The maximum atomic E-state index is 5.87. The lowest BCUT2D eigenvalue weighted by Gasteiger charge is -2.23. The van der Waals surface area contributed by atoms with Crippen LogP contribution in [0.5, 0.6) is 5.75 Å². The maximum Gasteiger partial charge on any atom is 0.122 e. The van der Waals surface area contributed by atoms with Crippen molar-refractivity contribution in [2.75, 3.05) is 13.7 Å². The minimum Gasteiger partial charge on any atom is -0.493 e. The van der Waals surface area contributed by atoms with Crippen molar-refractivity contribution >= 4 is 15.9 Å². The number of rotatable bonds is 7. The Morgan fingerprint density at radius 2 is 2.05 bits per heavy atom. The van der Waals surface area contributed by atoms with Crippen LogP contribution in [0.15, 0.2) is 22.7 Å². The zero-order valence-electron chi connectivity index (χ0n) is 12.2. The minimum atomic E-state index is -0.156. The molecule has 3 nitrogen and oxygen atoms in total. The van der Waals surface area contributed by atoms with Crippen LogP contribution in [0, 0.1) is 0 Å². The third kappa shape index (κ3) is 5.93. The van der Waals surface area contributed by atoms with Gasteiger partial charge in [-0.2, -0.15) is 0 Å². The van der Waals surface area contributed by atoms with E-state index in [2.05, 4.69) is 35.8 Å². The van der Waals surface area contributed by atoms with Crippen LogP contribution < -0.4 is 10.5 Å². The average Bonchev–Trinajstić information content (AvgIpc) is 2.31. The fraction of sp³-hybridized carbons (Fsp3) is 0.600. The van der Waals surface area contributed by atoms with E-state index in [-0.39, 0.29) is 11.6 Å². The lowest BCUT2D eigenvalue weighted by atomic mass is 10.1. The highest BCUT2D eigenvalue weighted by atomic mass is 79.9. The van der Waals surface area contributed by atoms with E-state index >= 15 is 0 Å². The van der Waals surface area contributed by atoms with E-state index < -0.39 is 0 Å². The molecule has 1 atom stereocenters. The molecule has 1 unspecified atom stereocenters. The molecule has 0 fully saturated rings. The summed E-state index contributed by atoms with van der Waals surface area (Å²) in [6.45, 7) is 6.74. The Hall–Kier alpha value is -0.580. The van der Waals surface area contributed by atoms with Gasteiger partial charge >= 0.3 is 0 Å². The number of methoxy groups -OCH3 is 1. The quantitative estimate of drug-likeness (QED) is 0.832. The number of halogens is 1. The molecule has 0 aliphatic rings. The van der Waals surface area contributed by atoms with Crippen molar-refractivity contribution in [1.29, 1.82) is 0 Å². The molecular weight excluding hydrogens is 306 g/mol. The lowest BCUT2D eigenvalue weighted by Crippen LogP contribution is -2.25. The summed E-state index contributed by atoms with van der Waals surface area (Å²) in [4.78, 5) is 0. The van der Waals surface area contributed by atoms with Gasteiger partial charge in [0, 0.05) is 24.0 Å². The predicted octanol–water partition coefficient (Wildman–Crippen LogP) is 3.53. The predicted molar refractivity (Wildman–Crippen MR) is 82.7 cm³/mol. The fourth-order valence-electron chi connectivity index (χ4n) is 1.70. The van der Waals surface area contributed by atoms with Crippen LogP contribution in [0.2, 0.25) is 0 Å². The van der Waals surface area contributed by atoms with Gasteiger partial charge in [-0.15, -0.1) is 0 Å². The molecule has 19 heavy (non-hydrogen) atoms. The van der Waals surface area contributed by atoms with E-state index in [0.29, 0.717) is 6.61 Å². The molecule has 0 spiro atoms. The van der Waals surface area contributed by atoms with Crippen LogP contribution in [-0.2, 0) is 11.2 Å². The molecule has 0 aliphatic carbocycles. The molecule has 108 valence electrons. The van der Waals surface area contributed by atoms with Gasteiger partial charge in [0.05, 0.1) is 12.2 Å². The van der Waals surface area contributed by atoms with Gasteiger partial charge in [0.1, 0.15) is 5.75 Å². The molecule has 0 saturated heterocycles. The second-order valence-electron chi connectivity index (χ2n) is 5.50. The molecule has 0 bridgehead atoms. The molecule has 0 aliphatic heterocycles. The first-order valence-electron chi connectivity index (χ1n) is 6.56. The molecular formula is C15H24BrNO2. The lowest BCUT2D eigenvalue weighted by molar-refractivity contribution is 0.00537. The molecule has 0 amide bonds. The van der Waals surface area contributed by atoms with Crippen molar-refractivity contribution < 1.29 is 9.47 Å². The van der Waals surface area contributed by atoms with Gasteiger partial charge < -0.3 is 15.2 Å². The first kappa shape index (κ1) is 16.5. The average molecular weight is 330 g/mol. The largest absolute Gasteiger partial charge is 0.493 e. The number of hydrogen-bond acceptors (Lipinski definition) is 3. The Morgan fingerprint density at radius 1 is 1.37 bits per heavy atom. The smallest absolute Gasteiger partial charge is 0.122 e. The third-order valence-electron chi connectivity index (χ3n) is 3.08. The van der Waals surface area contributed by atoms with Crippen LogP contribution in [0.4, 0.5) is 0 Å². The maximum absolute atomic E-state index is 5.87. The Morgan fingerprint density at radius 3 is 2.63 bits per heavy atom. The Balaban J connectivity index is 2.67. The summed E-state index contributed by atoms with van der Waals surface area (Å²) in [6, 6.07) is 6.16.